The van der Waals surface area contributed by atoms with Crippen LogP contribution in [0.25, 0.3) is 11.1 Å². The number of nitrogens with zero attached hydrogens (tertiary/aromatic N) is 1. The molecule has 0 N–H and O–H groups in total. The highest BCUT2D eigenvalue weighted by Gasteiger charge is 2.18. The van der Waals surface area contributed by atoms with E-state index in [4.69, 9.17) is 14.7 Å². The van der Waals surface area contributed by atoms with Gasteiger partial charge in [-0.2, -0.15) is 5.26 Å². The molecule has 1 aliphatic rings. The highest BCUT2D eigenvalue weighted by Crippen LogP contribution is 2.36. The molecule has 3 aromatic rings. The Kier molecular flexibility index (Phi) is 17.1. The Morgan fingerprint density at radius 1 is 0.975 bits per heavy atom. The number of unbranched alkanes of at least 4 members (excludes halogenated alkanes) is 2. The molecule has 4 rings (SSSR count). The first-order valence-electron chi connectivity index (χ1n) is 14.9. The van der Waals surface area contributed by atoms with E-state index in [-0.39, 0.29) is 5.82 Å². The molecule has 0 fully saturated rings. The fraction of sp³-hybridized carbons (Fsp3) is 0.472. The van der Waals surface area contributed by atoms with Crippen LogP contribution in [0.4, 0.5) is 4.39 Å². The molecule has 0 aromatic heterocycles. The minimum absolute atomic E-state index is 0.201. The molecule has 0 amide bonds. The van der Waals surface area contributed by atoms with Crippen molar-refractivity contribution in [3.8, 4) is 28.7 Å². The molecule has 0 saturated heterocycles. The zero-order valence-corrected chi connectivity index (χ0v) is 26.0. The Morgan fingerprint density at radius 3 is 2.23 bits per heavy atom. The van der Waals surface area contributed by atoms with Crippen LogP contribution in [-0.4, -0.2) is 13.7 Å². The Balaban J connectivity index is 0.000000346. The molecule has 3 nitrogen and oxygen atoms in total. The van der Waals surface area contributed by atoms with Gasteiger partial charge in [0, 0.05) is 6.42 Å². The van der Waals surface area contributed by atoms with Crippen molar-refractivity contribution in [2.75, 3.05) is 13.7 Å². The number of halogens is 1. The van der Waals surface area contributed by atoms with Crippen molar-refractivity contribution in [2.24, 2.45) is 0 Å². The number of rotatable bonds is 7. The van der Waals surface area contributed by atoms with E-state index in [9.17, 15) is 4.39 Å². The minimum atomic E-state index is -0.201. The van der Waals surface area contributed by atoms with Gasteiger partial charge >= 0.3 is 0 Å². The third-order valence-electron chi connectivity index (χ3n) is 6.45. The molecule has 1 heterocycles. The van der Waals surface area contributed by atoms with E-state index >= 15 is 0 Å². The maximum atomic E-state index is 12.9. The molecule has 0 saturated carbocycles. The smallest absolute Gasteiger partial charge is 0.123 e. The Hall–Kier alpha value is -3.32. The van der Waals surface area contributed by atoms with Gasteiger partial charge in [0.15, 0.2) is 0 Å². The lowest BCUT2D eigenvalue weighted by molar-refractivity contribution is 0.272. The Bertz CT molecular complexity index is 1150. The zero-order valence-electron chi connectivity index (χ0n) is 26.0. The summed E-state index contributed by atoms with van der Waals surface area (Å²) in [5.74, 6) is 2.76. The third-order valence-corrected chi connectivity index (χ3v) is 6.45. The number of benzene rings is 3. The van der Waals surface area contributed by atoms with Crippen molar-refractivity contribution in [3.63, 3.8) is 0 Å². The van der Waals surface area contributed by atoms with Gasteiger partial charge in [-0.15, -0.1) is 0 Å². The molecular formula is C36H50FNO2. The van der Waals surface area contributed by atoms with Crippen molar-refractivity contribution in [1.29, 1.82) is 5.26 Å². The van der Waals surface area contributed by atoms with Crippen LogP contribution in [0.15, 0.2) is 60.7 Å². The maximum Gasteiger partial charge on any atom is 0.123 e. The lowest BCUT2D eigenvalue weighted by atomic mass is 9.92. The Labute approximate surface area is 243 Å². The SMILES string of the molecule is CC.CC1CCOc2ccc(-c3ccc(F)cc3)cc21.CCC.COc1ccc(CCCCC#N)cc1C(C)C. The van der Waals surface area contributed by atoms with Crippen LogP contribution in [0.5, 0.6) is 11.5 Å². The van der Waals surface area contributed by atoms with Crippen molar-refractivity contribution in [1.82, 2.24) is 0 Å². The molecule has 1 unspecified atom stereocenters. The molecular weight excluding hydrogens is 497 g/mol. The van der Waals surface area contributed by atoms with E-state index in [1.54, 1.807) is 7.11 Å². The number of ether oxygens (including phenoxy) is 2. The van der Waals surface area contributed by atoms with E-state index in [1.165, 1.54) is 35.2 Å². The van der Waals surface area contributed by atoms with Crippen molar-refractivity contribution in [3.05, 3.63) is 83.2 Å². The van der Waals surface area contributed by atoms with Gasteiger partial charge in [-0.25, -0.2) is 4.39 Å². The van der Waals surface area contributed by atoms with Gasteiger partial charge in [0.1, 0.15) is 17.3 Å². The normalized spacial score (nSPS) is 13.1. The number of aryl methyl sites for hydroxylation is 1. The molecule has 0 aliphatic carbocycles. The second-order valence-electron chi connectivity index (χ2n) is 10.1. The van der Waals surface area contributed by atoms with Gasteiger partial charge in [0.05, 0.1) is 19.8 Å². The summed E-state index contributed by atoms with van der Waals surface area (Å²) in [4.78, 5) is 0. The summed E-state index contributed by atoms with van der Waals surface area (Å²) in [6.45, 7) is 15.6. The van der Waals surface area contributed by atoms with E-state index in [0.717, 1.165) is 54.9 Å². The molecule has 218 valence electrons. The van der Waals surface area contributed by atoms with Gasteiger partial charge in [-0.05, 0) is 95.7 Å². The standard InChI is InChI=1S/C16H15FO.C15H21NO.C3H8.C2H6/c1-11-8-9-18-16-7-4-13(10-15(11)16)12-2-5-14(17)6-3-12;1-12(2)14-11-13(7-5-4-6-10-16)8-9-15(14)17-3;1-3-2;1-2/h2-7,10-11H,8-9H2,1H3;8-9,11-12H,4-7H2,1-3H3;3H2,1-2H3;1-2H3. The summed E-state index contributed by atoms with van der Waals surface area (Å²) in [5.41, 5.74) is 6.02. The van der Waals surface area contributed by atoms with Gasteiger partial charge < -0.3 is 9.47 Å². The lowest BCUT2D eigenvalue weighted by Crippen LogP contribution is -2.11. The average molecular weight is 548 g/mol. The monoisotopic (exact) mass is 547 g/mol. The van der Waals surface area contributed by atoms with Crippen LogP contribution in [-0.2, 0) is 6.42 Å². The second-order valence-corrected chi connectivity index (χ2v) is 10.1. The molecule has 0 radical (unpaired) electrons. The molecule has 0 spiro atoms. The second kappa shape index (κ2) is 19.7. The minimum Gasteiger partial charge on any atom is -0.496 e. The Morgan fingerprint density at radius 2 is 1.62 bits per heavy atom. The average Bonchev–Trinajstić information content (AvgIpc) is 2.97. The quantitative estimate of drug-likeness (QED) is 0.276. The van der Waals surface area contributed by atoms with E-state index in [1.807, 2.05) is 38.1 Å². The van der Waals surface area contributed by atoms with Crippen LogP contribution in [0.1, 0.15) is 109 Å². The zero-order chi connectivity index (χ0) is 29.9. The first-order valence-corrected chi connectivity index (χ1v) is 14.9. The molecule has 1 atom stereocenters. The molecule has 1 aliphatic heterocycles. The summed E-state index contributed by atoms with van der Waals surface area (Å²) in [6.07, 6.45) is 6.08. The van der Waals surface area contributed by atoms with Gasteiger partial charge in [0.2, 0.25) is 0 Å². The fourth-order valence-corrected chi connectivity index (χ4v) is 4.31. The van der Waals surface area contributed by atoms with Gasteiger partial charge in [0.25, 0.3) is 0 Å². The molecule has 0 bridgehead atoms. The highest BCUT2D eigenvalue weighted by molar-refractivity contribution is 5.66. The van der Waals surface area contributed by atoms with Crippen LogP contribution in [0, 0.1) is 17.1 Å². The summed E-state index contributed by atoms with van der Waals surface area (Å²) in [5, 5.41) is 8.48. The fourth-order valence-electron chi connectivity index (χ4n) is 4.31. The summed E-state index contributed by atoms with van der Waals surface area (Å²) in [6, 6.07) is 21.4. The number of nitriles is 1. The van der Waals surface area contributed by atoms with E-state index in [2.05, 4.69) is 65.0 Å². The number of hydrogen-bond donors (Lipinski definition) is 0. The maximum absolute atomic E-state index is 12.9. The molecule has 4 heteroatoms. The van der Waals surface area contributed by atoms with Crippen LogP contribution in [0.3, 0.4) is 0 Å². The van der Waals surface area contributed by atoms with E-state index in [0.29, 0.717) is 18.3 Å². The van der Waals surface area contributed by atoms with E-state index < -0.39 is 0 Å². The van der Waals surface area contributed by atoms with Crippen LogP contribution < -0.4 is 9.47 Å². The van der Waals surface area contributed by atoms with Gasteiger partial charge in [-0.3, -0.25) is 0 Å². The number of fused-ring (bicyclic) bond motifs is 1. The largest absolute Gasteiger partial charge is 0.496 e. The van der Waals surface area contributed by atoms with Crippen LogP contribution in [0.2, 0.25) is 0 Å². The summed E-state index contributed by atoms with van der Waals surface area (Å²) in [7, 11) is 1.72. The molecule has 3 aromatic carbocycles. The summed E-state index contributed by atoms with van der Waals surface area (Å²) >= 11 is 0. The lowest BCUT2D eigenvalue weighted by Gasteiger charge is -2.23. The first-order chi connectivity index (χ1) is 19.3. The predicted molar refractivity (Wildman–Crippen MR) is 168 cm³/mol. The van der Waals surface area contributed by atoms with Crippen molar-refractivity contribution >= 4 is 0 Å². The predicted octanol–water partition coefficient (Wildman–Crippen LogP) is 10.9. The third kappa shape index (κ3) is 11.4. The highest BCUT2D eigenvalue weighted by atomic mass is 19.1. The summed E-state index contributed by atoms with van der Waals surface area (Å²) < 4.78 is 23.9. The van der Waals surface area contributed by atoms with Crippen molar-refractivity contribution < 1.29 is 13.9 Å². The topological polar surface area (TPSA) is 42.2 Å². The number of methoxy groups -OCH3 is 1. The van der Waals surface area contributed by atoms with Crippen LogP contribution >= 0.6 is 0 Å². The van der Waals surface area contributed by atoms with Gasteiger partial charge in [-0.1, -0.05) is 85.2 Å². The first kappa shape index (κ1) is 34.7. The van der Waals surface area contributed by atoms with Crippen molar-refractivity contribution in [2.45, 2.75) is 98.8 Å². The number of hydrogen-bond acceptors (Lipinski definition) is 3. The molecule has 40 heavy (non-hydrogen) atoms.